The second-order valence-corrected chi connectivity index (χ2v) is 6.89. The summed E-state index contributed by atoms with van der Waals surface area (Å²) in [6.45, 7) is 3.93. The largest absolute Gasteiger partial charge is 0.295 e. The number of H-pyrrole nitrogens is 1. The van der Waals surface area contributed by atoms with Gasteiger partial charge < -0.3 is 0 Å². The summed E-state index contributed by atoms with van der Waals surface area (Å²) in [6, 6.07) is 27.2. The van der Waals surface area contributed by atoms with Gasteiger partial charge in [-0.05, 0) is 38.1 Å². The number of anilines is 1. The Labute approximate surface area is 169 Å². The lowest BCUT2D eigenvalue weighted by molar-refractivity contribution is 0.835. The summed E-state index contributed by atoms with van der Waals surface area (Å²) in [4.78, 5) is 13.3. The average molecular weight is 382 g/mol. The van der Waals surface area contributed by atoms with Crippen LogP contribution in [0, 0.1) is 13.8 Å². The minimum absolute atomic E-state index is 0.137. The van der Waals surface area contributed by atoms with Crippen molar-refractivity contribution in [2.75, 3.05) is 5.43 Å². The molecule has 2 N–H and O–H groups in total. The fraction of sp³-hybridized carbons (Fsp3) is 0.0833. The summed E-state index contributed by atoms with van der Waals surface area (Å²) in [5, 5.41) is 7.81. The second kappa shape index (κ2) is 8.02. The fourth-order valence-corrected chi connectivity index (χ4v) is 3.19. The lowest BCUT2D eigenvalue weighted by Gasteiger charge is -2.07. The number of aryl methyl sites for hydroxylation is 2. The molecule has 1 heterocycles. The first-order valence-electron chi connectivity index (χ1n) is 9.46. The van der Waals surface area contributed by atoms with Crippen molar-refractivity contribution >= 4 is 11.4 Å². The van der Waals surface area contributed by atoms with E-state index in [9.17, 15) is 4.79 Å². The van der Waals surface area contributed by atoms with Gasteiger partial charge in [-0.2, -0.15) is 5.10 Å². The molecule has 0 fully saturated rings. The van der Waals surface area contributed by atoms with Gasteiger partial charge in [0.1, 0.15) is 5.71 Å². The zero-order valence-corrected chi connectivity index (χ0v) is 16.4. The zero-order chi connectivity index (χ0) is 20.2. The van der Waals surface area contributed by atoms with E-state index in [1.807, 2.05) is 98.8 Å². The molecule has 0 aliphatic carbocycles. The molecule has 0 unspecified atom stereocenters. The van der Waals surface area contributed by atoms with E-state index in [0.717, 1.165) is 22.6 Å². The highest BCUT2D eigenvalue weighted by molar-refractivity contribution is 6.13. The summed E-state index contributed by atoms with van der Waals surface area (Å²) in [7, 11) is 0. The van der Waals surface area contributed by atoms with Crippen LogP contribution in [0.2, 0.25) is 0 Å². The highest BCUT2D eigenvalue weighted by Crippen LogP contribution is 2.15. The number of aromatic amines is 1. The van der Waals surface area contributed by atoms with Crippen molar-refractivity contribution < 1.29 is 0 Å². The third-order valence-electron chi connectivity index (χ3n) is 4.72. The smallest absolute Gasteiger partial charge is 0.281 e. The van der Waals surface area contributed by atoms with Crippen LogP contribution in [0.4, 0.5) is 5.69 Å². The Balaban J connectivity index is 1.82. The summed E-state index contributed by atoms with van der Waals surface area (Å²) in [5.41, 5.74) is 8.54. The SMILES string of the molecule is Cc1ccc(N/N=C(/c2ccccc2)c2c(C)[nH]n(-c3ccccc3)c2=O)cc1. The topological polar surface area (TPSA) is 62.2 Å². The van der Waals surface area contributed by atoms with Crippen LogP contribution >= 0.6 is 0 Å². The molecule has 1 aromatic heterocycles. The van der Waals surface area contributed by atoms with Crippen molar-refractivity contribution in [1.82, 2.24) is 9.78 Å². The minimum atomic E-state index is -0.137. The van der Waals surface area contributed by atoms with Gasteiger partial charge in [-0.1, -0.05) is 66.2 Å². The first kappa shape index (κ1) is 18.5. The fourth-order valence-electron chi connectivity index (χ4n) is 3.19. The van der Waals surface area contributed by atoms with Crippen LogP contribution in [0.1, 0.15) is 22.4 Å². The van der Waals surface area contributed by atoms with E-state index in [1.165, 1.54) is 5.56 Å². The first-order valence-corrected chi connectivity index (χ1v) is 9.46. The molecule has 0 amide bonds. The van der Waals surface area contributed by atoms with Gasteiger partial charge in [0.25, 0.3) is 5.56 Å². The predicted molar refractivity (Wildman–Crippen MR) is 118 cm³/mol. The summed E-state index contributed by atoms with van der Waals surface area (Å²) >= 11 is 0. The number of hydrazone groups is 1. The number of benzene rings is 3. The van der Waals surface area contributed by atoms with Crippen LogP contribution in [-0.4, -0.2) is 15.5 Å². The molecule has 0 atom stereocenters. The van der Waals surface area contributed by atoms with Gasteiger partial charge in [0.05, 0.1) is 16.9 Å². The van der Waals surface area contributed by atoms with Crippen LogP contribution < -0.4 is 11.0 Å². The molecule has 0 bridgehead atoms. The second-order valence-electron chi connectivity index (χ2n) is 6.89. The predicted octanol–water partition coefficient (Wildman–Crippen LogP) is 4.65. The molecule has 0 saturated carbocycles. The van der Waals surface area contributed by atoms with Crippen molar-refractivity contribution in [2.45, 2.75) is 13.8 Å². The normalized spacial score (nSPS) is 11.4. The quantitative estimate of drug-likeness (QED) is 0.390. The van der Waals surface area contributed by atoms with Gasteiger partial charge in [-0.3, -0.25) is 15.3 Å². The number of nitrogens with one attached hydrogen (secondary N) is 2. The van der Waals surface area contributed by atoms with Crippen molar-refractivity contribution in [3.05, 3.63) is 118 Å². The van der Waals surface area contributed by atoms with E-state index in [4.69, 9.17) is 0 Å². The third-order valence-corrected chi connectivity index (χ3v) is 4.72. The van der Waals surface area contributed by atoms with E-state index in [0.29, 0.717) is 11.3 Å². The van der Waals surface area contributed by atoms with Gasteiger partial charge >= 0.3 is 0 Å². The molecule has 0 saturated heterocycles. The van der Waals surface area contributed by atoms with Crippen LogP contribution in [0.3, 0.4) is 0 Å². The number of para-hydroxylation sites is 1. The molecule has 0 radical (unpaired) electrons. The average Bonchev–Trinajstić information content (AvgIpc) is 3.05. The van der Waals surface area contributed by atoms with E-state index in [1.54, 1.807) is 4.68 Å². The summed E-state index contributed by atoms with van der Waals surface area (Å²) in [5.74, 6) is 0. The van der Waals surface area contributed by atoms with Gasteiger partial charge in [0.15, 0.2) is 0 Å². The van der Waals surface area contributed by atoms with Crippen LogP contribution in [0.5, 0.6) is 0 Å². The zero-order valence-electron chi connectivity index (χ0n) is 16.4. The van der Waals surface area contributed by atoms with Gasteiger partial charge in [-0.15, -0.1) is 0 Å². The summed E-state index contributed by atoms with van der Waals surface area (Å²) < 4.78 is 1.55. The maximum atomic E-state index is 13.3. The van der Waals surface area contributed by atoms with Crippen molar-refractivity contribution in [3.8, 4) is 5.69 Å². The van der Waals surface area contributed by atoms with Crippen molar-refractivity contribution in [1.29, 1.82) is 0 Å². The number of hydrogen-bond acceptors (Lipinski definition) is 3. The van der Waals surface area contributed by atoms with Crippen molar-refractivity contribution in [3.63, 3.8) is 0 Å². The number of hydrogen-bond donors (Lipinski definition) is 2. The molecule has 0 aliphatic heterocycles. The lowest BCUT2D eigenvalue weighted by Crippen LogP contribution is -2.22. The molecule has 5 heteroatoms. The Hall–Kier alpha value is -3.86. The molecular weight excluding hydrogens is 360 g/mol. The van der Waals surface area contributed by atoms with Gasteiger partial charge in [0, 0.05) is 11.3 Å². The van der Waals surface area contributed by atoms with Crippen LogP contribution in [0.25, 0.3) is 5.69 Å². The molecule has 0 aliphatic rings. The monoisotopic (exact) mass is 382 g/mol. The Kier molecular flexibility index (Phi) is 5.12. The Morgan fingerprint density at radius 2 is 1.48 bits per heavy atom. The molecule has 5 nitrogen and oxygen atoms in total. The maximum absolute atomic E-state index is 13.3. The standard InChI is InChI=1S/C24H22N4O/c1-17-13-15-20(16-14-17)25-26-23(19-9-5-3-6-10-19)22-18(2)27-28(24(22)29)21-11-7-4-8-12-21/h3-16,25,27H,1-2H3/b26-23-. The Morgan fingerprint density at radius 1 is 0.862 bits per heavy atom. The lowest BCUT2D eigenvalue weighted by atomic mass is 10.0. The molecule has 144 valence electrons. The Bertz CT molecular complexity index is 1190. The minimum Gasteiger partial charge on any atom is -0.295 e. The van der Waals surface area contributed by atoms with Crippen molar-refractivity contribution in [2.24, 2.45) is 5.10 Å². The van der Waals surface area contributed by atoms with Gasteiger partial charge in [0.2, 0.25) is 0 Å². The Morgan fingerprint density at radius 3 is 2.14 bits per heavy atom. The highest BCUT2D eigenvalue weighted by atomic mass is 16.1. The van der Waals surface area contributed by atoms with Crippen LogP contribution in [-0.2, 0) is 0 Å². The molecule has 0 spiro atoms. The van der Waals surface area contributed by atoms with E-state index in [2.05, 4.69) is 15.6 Å². The third kappa shape index (κ3) is 3.89. The van der Waals surface area contributed by atoms with Gasteiger partial charge in [-0.25, -0.2) is 4.68 Å². The molecule has 29 heavy (non-hydrogen) atoms. The molecule has 4 rings (SSSR count). The number of rotatable bonds is 5. The number of aromatic nitrogens is 2. The molecule has 4 aromatic rings. The summed E-state index contributed by atoms with van der Waals surface area (Å²) in [6.07, 6.45) is 0. The first-order chi connectivity index (χ1) is 14.1. The molecular formula is C24H22N4O. The van der Waals surface area contributed by atoms with E-state index >= 15 is 0 Å². The highest BCUT2D eigenvalue weighted by Gasteiger charge is 2.19. The number of nitrogens with zero attached hydrogens (tertiary/aromatic N) is 2. The van der Waals surface area contributed by atoms with Crippen LogP contribution in [0.15, 0.2) is 94.8 Å². The van der Waals surface area contributed by atoms with E-state index < -0.39 is 0 Å². The molecule has 3 aromatic carbocycles. The maximum Gasteiger partial charge on any atom is 0.281 e. The van der Waals surface area contributed by atoms with E-state index in [-0.39, 0.29) is 5.56 Å².